The Balaban J connectivity index is 1.35. The van der Waals surface area contributed by atoms with Crippen molar-refractivity contribution in [2.75, 3.05) is 20.2 Å². The predicted octanol–water partition coefficient (Wildman–Crippen LogP) is 5.84. The first-order valence-corrected chi connectivity index (χ1v) is 15.9. The van der Waals surface area contributed by atoms with E-state index in [9.17, 15) is 9.59 Å². The number of amides is 1. The van der Waals surface area contributed by atoms with Crippen molar-refractivity contribution < 1.29 is 14.3 Å². The number of fused-ring (bicyclic) bond motifs is 2. The molecule has 45 heavy (non-hydrogen) atoms. The molecule has 7 nitrogen and oxygen atoms in total. The molecule has 1 amide bonds. The third-order valence-electron chi connectivity index (χ3n) is 8.19. The normalized spacial score (nSPS) is 14.7. The van der Waals surface area contributed by atoms with Gasteiger partial charge in [0.25, 0.3) is 11.5 Å². The number of allylic oxidation sites excluding steroid dienone is 1. The summed E-state index contributed by atoms with van der Waals surface area (Å²) in [4.78, 5) is 35.0. The fourth-order valence-corrected chi connectivity index (χ4v) is 6.90. The Hall–Kier alpha value is -4.95. The lowest BCUT2D eigenvalue weighted by Crippen LogP contribution is -2.43. The van der Waals surface area contributed by atoms with Crippen molar-refractivity contribution >= 4 is 34.1 Å². The Bertz CT molecular complexity index is 2080. The van der Waals surface area contributed by atoms with Gasteiger partial charge in [-0.2, -0.15) is 0 Å². The highest BCUT2D eigenvalue weighted by atomic mass is 32.1. The Morgan fingerprint density at radius 3 is 2.42 bits per heavy atom. The van der Waals surface area contributed by atoms with Crippen LogP contribution in [0, 0.1) is 0 Å². The summed E-state index contributed by atoms with van der Waals surface area (Å²) in [6.45, 7) is 7.30. The summed E-state index contributed by atoms with van der Waals surface area (Å²) in [6, 6.07) is 29.1. The molecule has 2 heterocycles. The summed E-state index contributed by atoms with van der Waals surface area (Å²) in [5.41, 5.74) is 3.60. The Kier molecular flexibility index (Phi) is 8.67. The van der Waals surface area contributed by atoms with Crippen LogP contribution in [0.1, 0.15) is 43.5 Å². The highest BCUT2D eigenvalue weighted by molar-refractivity contribution is 7.07. The van der Waals surface area contributed by atoms with Crippen LogP contribution in [0.15, 0.2) is 112 Å². The Labute approximate surface area is 266 Å². The molecule has 1 aliphatic heterocycles. The van der Waals surface area contributed by atoms with E-state index in [1.807, 2.05) is 93.6 Å². The van der Waals surface area contributed by atoms with Crippen LogP contribution in [-0.2, 0) is 11.4 Å². The quantitative estimate of drug-likeness (QED) is 0.208. The number of benzene rings is 4. The van der Waals surface area contributed by atoms with Crippen molar-refractivity contribution in [3.8, 4) is 11.5 Å². The molecule has 0 unspecified atom stereocenters. The van der Waals surface area contributed by atoms with Gasteiger partial charge in [-0.15, -0.1) is 0 Å². The Morgan fingerprint density at radius 1 is 0.956 bits per heavy atom. The SMILES string of the molecule is CCN(CC)C(=O)C1=C(C)N=c2s/c(=C/c3ccc(OCc4cccc5ccccc45)cc3)c(=O)n2[C@H]1c1ccccc1OC. The lowest BCUT2D eigenvalue weighted by atomic mass is 9.94. The van der Waals surface area contributed by atoms with Crippen LogP contribution < -0.4 is 24.4 Å². The second kappa shape index (κ2) is 13.0. The second-order valence-electron chi connectivity index (χ2n) is 10.8. The first-order chi connectivity index (χ1) is 21.9. The molecule has 0 radical (unpaired) electrons. The summed E-state index contributed by atoms with van der Waals surface area (Å²) in [5, 5.41) is 2.36. The summed E-state index contributed by atoms with van der Waals surface area (Å²) in [6.07, 6.45) is 1.86. The van der Waals surface area contributed by atoms with Crippen LogP contribution in [0.2, 0.25) is 0 Å². The number of hydrogen-bond acceptors (Lipinski definition) is 6. The molecule has 6 rings (SSSR count). The van der Waals surface area contributed by atoms with Gasteiger partial charge in [-0.05, 0) is 66.9 Å². The van der Waals surface area contributed by atoms with E-state index >= 15 is 0 Å². The molecule has 0 fully saturated rings. The van der Waals surface area contributed by atoms with Gasteiger partial charge in [-0.3, -0.25) is 14.2 Å². The van der Waals surface area contributed by atoms with Gasteiger partial charge in [0.05, 0.1) is 22.9 Å². The number of thiazole rings is 1. The first-order valence-electron chi connectivity index (χ1n) is 15.1. The predicted molar refractivity (Wildman–Crippen MR) is 179 cm³/mol. The summed E-state index contributed by atoms with van der Waals surface area (Å²) < 4.78 is 14.0. The summed E-state index contributed by atoms with van der Waals surface area (Å²) in [5.74, 6) is 1.22. The molecule has 0 spiro atoms. The van der Waals surface area contributed by atoms with Gasteiger partial charge < -0.3 is 14.4 Å². The van der Waals surface area contributed by atoms with Crippen molar-refractivity contribution in [3.05, 3.63) is 139 Å². The molecular weight excluding hydrogens is 582 g/mol. The molecule has 0 N–H and O–H groups in total. The van der Waals surface area contributed by atoms with E-state index in [-0.39, 0.29) is 11.5 Å². The van der Waals surface area contributed by atoms with E-state index in [1.165, 1.54) is 22.1 Å². The van der Waals surface area contributed by atoms with E-state index in [4.69, 9.17) is 14.5 Å². The number of aromatic nitrogens is 1. The van der Waals surface area contributed by atoms with Gasteiger partial charge in [0, 0.05) is 18.7 Å². The molecule has 1 aromatic heterocycles. The average Bonchev–Trinajstić information content (AvgIpc) is 3.37. The number of methoxy groups -OCH3 is 1. The van der Waals surface area contributed by atoms with Gasteiger partial charge >= 0.3 is 0 Å². The van der Waals surface area contributed by atoms with Crippen LogP contribution in [-0.4, -0.2) is 35.6 Å². The lowest BCUT2D eigenvalue weighted by Gasteiger charge is -2.29. The number of likely N-dealkylation sites (N-methyl/N-ethyl adjacent to an activating group) is 1. The zero-order valence-electron chi connectivity index (χ0n) is 25.8. The van der Waals surface area contributed by atoms with Crippen molar-refractivity contribution in [2.24, 2.45) is 4.99 Å². The maximum absolute atomic E-state index is 14.1. The average molecular weight is 618 g/mol. The zero-order valence-corrected chi connectivity index (χ0v) is 26.6. The summed E-state index contributed by atoms with van der Waals surface area (Å²) in [7, 11) is 1.60. The molecule has 228 valence electrons. The number of rotatable bonds is 9. The van der Waals surface area contributed by atoms with Crippen LogP contribution in [0.5, 0.6) is 11.5 Å². The molecule has 5 aromatic rings. The number of para-hydroxylation sites is 1. The molecule has 0 aliphatic carbocycles. The summed E-state index contributed by atoms with van der Waals surface area (Å²) >= 11 is 1.32. The van der Waals surface area contributed by atoms with Gasteiger partial charge in [0.2, 0.25) is 0 Å². The minimum absolute atomic E-state index is 0.134. The molecule has 1 aliphatic rings. The lowest BCUT2D eigenvalue weighted by molar-refractivity contribution is -0.127. The Morgan fingerprint density at radius 2 is 1.67 bits per heavy atom. The van der Waals surface area contributed by atoms with Crippen LogP contribution in [0.3, 0.4) is 0 Å². The fourth-order valence-electron chi connectivity index (χ4n) is 5.85. The van der Waals surface area contributed by atoms with Crippen molar-refractivity contribution in [1.29, 1.82) is 0 Å². The van der Waals surface area contributed by atoms with Gasteiger partial charge in [0.1, 0.15) is 24.1 Å². The van der Waals surface area contributed by atoms with E-state index < -0.39 is 6.04 Å². The molecular formula is C37H35N3O4S. The number of nitrogens with zero attached hydrogens (tertiary/aromatic N) is 3. The number of hydrogen-bond donors (Lipinski definition) is 0. The van der Waals surface area contributed by atoms with Crippen LogP contribution >= 0.6 is 11.3 Å². The van der Waals surface area contributed by atoms with Crippen molar-refractivity contribution in [2.45, 2.75) is 33.4 Å². The van der Waals surface area contributed by atoms with E-state index in [1.54, 1.807) is 16.6 Å². The maximum atomic E-state index is 14.1. The smallest absolute Gasteiger partial charge is 0.271 e. The van der Waals surface area contributed by atoms with Gasteiger partial charge in [0.15, 0.2) is 4.80 Å². The number of carbonyl (C=O) groups is 1. The highest BCUT2D eigenvalue weighted by Crippen LogP contribution is 2.36. The van der Waals surface area contributed by atoms with Gasteiger partial charge in [-0.1, -0.05) is 84.1 Å². The maximum Gasteiger partial charge on any atom is 0.271 e. The topological polar surface area (TPSA) is 73.1 Å². The van der Waals surface area contributed by atoms with E-state index in [0.29, 0.717) is 46.0 Å². The van der Waals surface area contributed by atoms with E-state index in [0.717, 1.165) is 22.4 Å². The molecule has 0 saturated heterocycles. The molecule has 1 atom stereocenters. The standard InChI is InChI=1S/C37H35N3O4S/c1-5-39(6-2)36(42)33-24(3)38-37-40(34(33)30-16-9-10-17-31(30)43-4)35(41)32(45-37)22-25-18-20-28(21-19-25)44-23-27-14-11-13-26-12-7-8-15-29(26)27/h7-22,34H,5-6,23H2,1-4H3/b32-22+/t34-/m0/s1. The second-order valence-corrected chi connectivity index (χ2v) is 11.8. The third kappa shape index (κ3) is 5.81. The van der Waals surface area contributed by atoms with E-state index in [2.05, 4.69) is 24.3 Å². The van der Waals surface area contributed by atoms with Crippen LogP contribution in [0.4, 0.5) is 0 Å². The highest BCUT2D eigenvalue weighted by Gasteiger charge is 2.35. The van der Waals surface area contributed by atoms with Crippen molar-refractivity contribution in [1.82, 2.24) is 9.47 Å². The molecule has 0 bridgehead atoms. The minimum atomic E-state index is -0.669. The largest absolute Gasteiger partial charge is 0.496 e. The van der Waals surface area contributed by atoms with Crippen LogP contribution in [0.25, 0.3) is 16.8 Å². The zero-order chi connectivity index (χ0) is 31.5. The van der Waals surface area contributed by atoms with Crippen molar-refractivity contribution in [3.63, 3.8) is 0 Å². The third-order valence-corrected chi connectivity index (χ3v) is 9.17. The fraction of sp³-hybridized carbons (Fsp3) is 0.216. The number of carbonyl (C=O) groups excluding carboxylic acids is 1. The monoisotopic (exact) mass is 617 g/mol. The molecule has 8 heteroatoms. The molecule has 0 saturated carbocycles. The minimum Gasteiger partial charge on any atom is -0.496 e. The van der Waals surface area contributed by atoms with Gasteiger partial charge in [-0.25, -0.2) is 4.99 Å². The molecule has 4 aromatic carbocycles. The first kappa shape index (κ1) is 30.1. The number of ether oxygens (including phenoxy) is 2.